The van der Waals surface area contributed by atoms with Crippen molar-refractivity contribution in [1.29, 1.82) is 0 Å². The van der Waals surface area contributed by atoms with Gasteiger partial charge in [0.05, 0.1) is 5.69 Å². The summed E-state index contributed by atoms with van der Waals surface area (Å²) in [5.41, 5.74) is 7.20. The van der Waals surface area contributed by atoms with E-state index in [2.05, 4.69) is 107 Å². The zero-order valence-electron chi connectivity index (χ0n) is 26.2. The van der Waals surface area contributed by atoms with Gasteiger partial charge >= 0.3 is 0 Å². The lowest BCUT2D eigenvalue weighted by atomic mass is 9.83. The standard InChI is InChI=1S/C41H34N2O2/c1-22(2)26-8-6-9-27(23(3)4)39(26)43-40(44)33-18-16-30-28-10-7-11-32-35(42-25-14-12-24(5)13-15-25)21-20-29(36(28)32)31-17-19-34(41(43)45)38(33)37(30)31/h6-23,42H,1-5H3. The molecule has 1 aliphatic rings. The summed E-state index contributed by atoms with van der Waals surface area (Å²) in [7, 11) is 0. The zero-order valence-corrected chi connectivity index (χ0v) is 26.2. The molecule has 0 radical (unpaired) electrons. The lowest BCUT2D eigenvalue weighted by Crippen LogP contribution is -2.41. The third kappa shape index (κ3) is 3.91. The van der Waals surface area contributed by atoms with E-state index in [1.54, 1.807) is 0 Å². The van der Waals surface area contributed by atoms with Gasteiger partial charge in [0.1, 0.15) is 0 Å². The van der Waals surface area contributed by atoms with Gasteiger partial charge in [-0.25, -0.2) is 4.90 Å². The Hall–Kier alpha value is -5.22. The molecule has 0 aromatic heterocycles. The Morgan fingerprint density at radius 2 is 1.04 bits per heavy atom. The van der Waals surface area contributed by atoms with Crippen LogP contribution in [-0.2, 0) is 0 Å². The summed E-state index contributed by atoms with van der Waals surface area (Å²) in [5.74, 6) is -0.211. The van der Waals surface area contributed by atoms with E-state index in [4.69, 9.17) is 0 Å². The number of fused-ring (bicyclic) bond motifs is 2. The fourth-order valence-electron chi connectivity index (χ4n) is 7.36. The van der Waals surface area contributed by atoms with Gasteiger partial charge in [0.2, 0.25) is 0 Å². The molecule has 0 fully saturated rings. The number of carbonyl (C=O) groups excluding carboxylic acids is 2. The molecule has 7 aromatic rings. The first kappa shape index (κ1) is 27.3. The quantitative estimate of drug-likeness (QED) is 0.124. The molecule has 4 heteroatoms. The third-order valence-electron chi connectivity index (χ3n) is 9.55. The van der Waals surface area contributed by atoms with Crippen LogP contribution in [0.15, 0.2) is 97.1 Å². The fraction of sp³-hybridized carbons (Fsp3) is 0.171. The van der Waals surface area contributed by atoms with E-state index < -0.39 is 0 Å². The second kappa shape index (κ2) is 9.90. The Morgan fingerprint density at radius 3 is 1.64 bits per heavy atom. The molecule has 0 unspecified atom stereocenters. The summed E-state index contributed by atoms with van der Waals surface area (Å²) in [5, 5.41) is 12.0. The number of benzene rings is 7. The summed E-state index contributed by atoms with van der Waals surface area (Å²) >= 11 is 0. The van der Waals surface area contributed by atoms with Gasteiger partial charge in [0.25, 0.3) is 11.8 Å². The van der Waals surface area contributed by atoms with Crippen LogP contribution in [0, 0.1) is 6.92 Å². The van der Waals surface area contributed by atoms with E-state index in [1.807, 2.05) is 30.3 Å². The Labute approximate surface area is 262 Å². The van der Waals surface area contributed by atoms with Gasteiger partial charge in [-0.05, 0) is 92.5 Å². The Bertz CT molecular complexity index is 2250. The fourth-order valence-corrected chi connectivity index (χ4v) is 7.36. The van der Waals surface area contributed by atoms with Crippen LogP contribution >= 0.6 is 0 Å². The molecule has 0 atom stereocenters. The summed E-state index contributed by atoms with van der Waals surface area (Å²) < 4.78 is 0. The minimum atomic E-state index is -0.257. The Balaban J connectivity index is 1.37. The van der Waals surface area contributed by atoms with Crippen LogP contribution in [0.4, 0.5) is 17.1 Å². The second-order valence-electron chi connectivity index (χ2n) is 13.0. The number of hydrogen-bond acceptors (Lipinski definition) is 3. The first-order chi connectivity index (χ1) is 21.7. The number of nitrogens with one attached hydrogen (secondary N) is 1. The smallest absolute Gasteiger partial charge is 0.266 e. The highest BCUT2D eigenvalue weighted by Crippen LogP contribution is 2.47. The van der Waals surface area contributed by atoms with E-state index in [0.29, 0.717) is 11.1 Å². The van der Waals surface area contributed by atoms with Crippen molar-refractivity contribution in [3.05, 3.63) is 125 Å². The lowest BCUT2D eigenvalue weighted by molar-refractivity contribution is 0.0893. The van der Waals surface area contributed by atoms with E-state index in [9.17, 15) is 9.59 Å². The highest BCUT2D eigenvalue weighted by atomic mass is 16.2. The largest absolute Gasteiger partial charge is 0.355 e. The first-order valence-corrected chi connectivity index (χ1v) is 15.8. The molecule has 1 heterocycles. The lowest BCUT2D eigenvalue weighted by Gasteiger charge is -2.32. The molecule has 1 N–H and O–H groups in total. The molecular weight excluding hydrogens is 552 g/mol. The summed E-state index contributed by atoms with van der Waals surface area (Å²) in [6.45, 7) is 10.5. The topological polar surface area (TPSA) is 49.4 Å². The van der Waals surface area contributed by atoms with Crippen LogP contribution in [-0.4, -0.2) is 11.8 Å². The van der Waals surface area contributed by atoms with Gasteiger partial charge in [0.15, 0.2) is 0 Å². The van der Waals surface area contributed by atoms with Crippen molar-refractivity contribution in [2.45, 2.75) is 46.5 Å². The minimum Gasteiger partial charge on any atom is -0.355 e. The van der Waals surface area contributed by atoms with Crippen molar-refractivity contribution >= 4 is 72.0 Å². The van der Waals surface area contributed by atoms with Gasteiger partial charge in [-0.2, -0.15) is 0 Å². The average molecular weight is 587 g/mol. The van der Waals surface area contributed by atoms with Crippen LogP contribution in [0.1, 0.15) is 76.9 Å². The number of rotatable bonds is 5. The Morgan fingerprint density at radius 1 is 0.533 bits per heavy atom. The number of hydrogen-bond donors (Lipinski definition) is 1. The maximum Gasteiger partial charge on any atom is 0.266 e. The van der Waals surface area contributed by atoms with Gasteiger partial charge in [-0.3, -0.25) is 9.59 Å². The first-order valence-electron chi connectivity index (χ1n) is 15.8. The number of aryl methyl sites for hydroxylation is 1. The third-order valence-corrected chi connectivity index (χ3v) is 9.55. The molecule has 45 heavy (non-hydrogen) atoms. The number of amides is 2. The Kier molecular flexibility index (Phi) is 6.01. The van der Waals surface area contributed by atoms with Crippen LogP contribution in [0.3, 0.4) is 0 Å². The molecule has 7 aromatic carbocycles. The molecule has 1 aliphatic heterocycles. The molecule has 0 spiro atoms. The molecule has 2 amide bonds. The minimum absolute atomic E-state index is 0.151. The highest BCUT2D eigenvalue weighted by molar-refractivity contribution is 6.42. The van der Waals surface area contributed by atoms with Gasteiger partial charge < -0.3 is 5.32 Å². The van der Waals surface area contributed by atoms with E-state index >= 15 is 0 Å². The SMILES string of the molecule is Cc1ccc(Nc2ccc3c4ccc5c6c(ccc(c7cccc2c73)c64)C(=O)N(c2c(C(C)C)cccc2C(C)C)C5=O)cc1. The molecule has 0 saturated carbocycles. The van der Waals surface area contributed by atoms with Gasteiger partial charge in [-0.1, -0.05) is 100.0 Å². The average Bonchev–Trinajstić information content (AvgIpc) is 3.04. The molecule has 220 valence electrons. The van der Waals surface area contributed by atoms with Crippen molar-refractivity contribution in [3.63, 3.8) is 0 Å². The van der Waals surface area contributed by atoms with Crippen LogP contribution < -0.4 is 10.2 Å². The van der Waals surface area contributed by atoms with Crippen molar-refractivity contribution in [3.8, 4) is 0 Å². The van der Waals surface area contributed by atoms with E-state index in [1.165, 1.54) is 15.8 Å². The van der Waals surface area contributed by atoms with Crippen molar-refractivity contribution < 1.29 is 9.59 Å². The predicted molar refractivity (Wildman–Crippen MR) is 188 cm³/mol. The monoisotopic (exact) mass is 586 g/mol. The number of anilines is 3. The second-order valence-corrected chi connectivity index (χ2v) is 13.0. The maximum absolute atomic E-state index is 14.5. The van der Waals surface area contributed by atoms with E-state index in [-0.39, 0.29) is 23.7 Å². The van der Waals surface area contributed by atoms with Crippen molar-refractivity contribution in [1.82, 2.24) is 0 Å². The number of nitrogens with zero attached hydrogens (tertiary/aromatic N) is 1. The van der Waals surface area contributed by atoms with Crippen molar-refractivity contribution in [2.24, 2.45) is 0 Å². The number of carbonyl (C=O) groups is 2. The maximum atomic E-state index is 14.5. The molecule has 0 bridgehead atoms. The van der Waals surface area contributed by atoms with Crippen LogP contribution in [0.5, 0.6) is 0 Å². The summed E-state index contributed by atoms with van der Waals surface area (Å²) in [6, 6.07) is 33.3. The zero-order chi connectivity index (χ0) is 31.1. The van der Waals surface area contributed by atoms with Gasteiger partial charge in [0, 0.05) is 33.3 Å². The number of para-hydroxylation sites is 1. The highest BCUT2D eigenvalue weighted by Gasteiger charge is 2.38. The van der Waals surface area contributed by atoms with E-state index in [0.717, 1.165) is 65.9 Å². The van der Waals surface area contributed by atoms with Gasteiger partial charge in [-0.15, -0.1) is 0 Å². The number of imide groups is 1. The van der Waals surface area contributed by atoms with Crippen molar-refractivity contribution in [2.75, 3.05) is 10.2 Å². The molecule has 0 saturated heterocycles. The molecule has 8 rings (SSSR count). The normalized spacial score (nSPS) is 13.4. The predicted octanol–water partition coefficient (Wildman–Crippen LogP) is 10.8. The van der Waals surface area contributed by atoms with Crippen LogP contribution in [0.25, 0.3) is 43.1 Å². The van der Waals surface area contributed by atoms with Crippen LogP contribution in [0.2, 0.25) is 0 Å². The summed E-state index contributed by atoms with van der Waals surface area (Å²) in [6.07, 6.45) is 0. The molecule has 0 aliphatic carbocycles. The molecular formula is C41H34N2O2. The molecule has 4 nitrogen and oxygen atoms in total. The summed E-state index contributed by atoms with van der Waals surface area (Å²) in [4.78, 5) is 30.4.